The number of carbonyl (C=O) groups is 1. The number of halogens is 6. The molecule has 0 bridgehead atoms. The molecule has 3 aromatic rings. The molecule has 1 heterocycles. The predicted molar refractivity (Wildman–Crippen MR) is 155 cm³/mol. The van der Waals surface area contributed by atoms with Crippen molar-refractivity contribution in [1.29, 1.82) is 0 Å². The molecule has 3 nitrogen and oxygen atoms in total. The minimum absolute atomic E-state index is 0.112. The molecule has 1 aliphatic rings. The number of hydrogen-bond donors (Lipinski definition) is 1. The van der Waals surface area contributed by atoms with Crippen molar-refractivity contribution in [1.82, 2.24) is 4.90 Å². The highest BCUT2D eigenvalue weighted by molar-refractivity contribution is 5.78. The zero-order valence-electron chi connectivity index (χ0n) is 24.3. The van der Waals surface area contributed by atoms with Gasteiger partial charge in [0.05, 0.1) is 17.0 Å². The lowest BCUT2D eigenvalue weighted by Crippen LogP contribution is -2.35. The summed E-state index contributed by atoms with van der Waals surface area (Å²) in [6.45, 7) is 6.32. The molecule has 2 atom stereocenters. The molecular formula is C34H37F6NO2. The van der Waals surface area contributed by atoms with Crippen molar-refractivity contribution in [2.75, 3.05) is 19.6 Å². The number of carboxylic acid groups (broad SMARTS) is 1. The molecule has 1 unspecified atom stereocenters. The molecule has 0 spiro atoms. The maximum absolute atomic E-state index is 13.2. The highest BCUT2D eigenvalue weighted by Gasteiger charge is 2.31. The van der Waals surface area contributed by atoms with Gasteiger partial charge in [0.15, 0.2) is 0 Å². The summed E-state index contributed by atoms with van der Waals surface area (Å²) < 4.78 is 78.1. The number of aryl methyl sites for hydroxylation is 1. The number of likely N-dealkylation sites (tertiary alicyclic amines) is 1. The van der Waals surface area contributed by atoms with Gasteiger partial charge in [-0.3, -0.25) is 4.79 Å². The molecule has 43 heavy (non-hydrogen) atoms. The summed E-state index contributed by atoms with van der Waals surface area (Å²) in [5.74, 6) is -1.43. The summed E-state index contributed by atoms with van der Waals surface area (Å²) in [5, 5.41) is 10.1. The summed E-state index contributed by atoms with van der Waals surface area (Å²) in [5.41, 5.74) is 2.34. The molecule has 3 aromatic carbocycles. The van der Waals surface area contributed by atoms with Crippen LogP contribution in [0.3, 0.4) is 0 Å². The number of alkyl halides is 6. The standard InChI is InChI=1S/C34H37F6NO2/c1-22(2)17-31(32(42)43)28-19-26(24-9-13-30(14-10-24)34(38,39)40)18-27(20-28)25-6-4-16-41(21-25)15-3-5-23-7-11-29(12-8-23)33(35,36)37/h7-14,18-20,22,25,31H,3-6,15-17,21H2,1-2H3,(H,42,43)/t25?,31-/m1/s1. The topological polar surface area (TPSA) is 40.5 Å². The molecule has 1 fully saturated rings. The van der Waals surface area contributed by atoms with Gasteiger partial charge in [-0.2, -0.15) is 26.3 Å². The molecule has 9 heteroatoms. The largest absolute Gasteiger partial charge is 0.481 e. The van der Waals surface area contributed by atoms with E-state index in [-0.39, 0.29) is 11.8 Å². The Hall–Kier alpha value is -3.33. The fourth-order valence-corrected chi connectivity index (χ4v) is 5.88. The van der Waals surface area contributed by atoms with Gasteiger partial charge in [0.25, 0.3) is 0 Å². The second-order valence-electron chi connectivity index (χ2n) is 11.9. The normalized spacial score (nSPS) is 17.3. The minimum atomic E-state index is -4.45. The quantitative estimate of drug-likeness (QED) is 0.234. The van der Waals surface area contributed by atoms with Gasteiger partial charge < -0.3 is 10.0 Å². The second-order valence-corrected chi connectivity index (χ2v) is 11.9. The third-order valence-electron chi connectivity index (χ3n) is 8.13. The van der Waals surface area contributed by atoms with E-state index in [1.54, 1.807) is 6.07 Å². The third kappa shape index (κ3) is 8.85. The van der Waals surface area contributed by atoms with E-state index in [1.807, 2.05) is 26.0 Å². The van der Waals surface area contributed by atoms with Gasteiger partial charge in [-0.05, 0) is 109 Å². The van der Waals surface area contributed by atoms with Crippen LogP contribution < -0.4 is 0 Å². The van der Waals surface area contributed by atoms with Crippen molar-refractivity contribution in [3.05, 3.63) is 94.5 Å². The molecule has 0 amide bonds. The predicted octanol–water partition coefficient (Wildman–Crippen LogP) is 9.42. The Bertz CT molecular complexity index is 1360. The molecule has 1 aliphatic heterocycles. The van der Waals surface area contributed by atoms with Crippen LogP contribution in [0.25, 0.3) is 11.1 Å². The van der Waals surface area contributed by atoms with Crippen molar-refractivity contribution >= 4 is 5.97 Å². The Labute approximate surface area is 248 Å². The first-order valence-corrected chi connectivity index (χ1v) is 14.6. The Morgan fingerprint density at radius 2 is 1.49 bits per heavy atom. The van der Waals surface area contributed by atoms with E-state index in [0.717, 1.165) is 74.3 Å². The van der Waals surface area contributed by atoms with Gasteiger partial charge in [0, 0.05) is 6.54 Å². The highest BCUT2D eigenvalue weighted by atomic mass is 19.4. The first kappa shape index (κ1) is 32.6. The Morgan fingerprint density at radius 1 is 0.884 bits per heavy atom. The average Bonchev–Trinajstić information content (AvgIpc) is 2.95. The van der Waals surface area contributed by atoms with Gasteiger partial charge in [0.2, 0.25) is 0 Å². The smallest absolute Gasteiger partial charge is 0.416 e. The molecule has 1 saturated heterocycles. The molecule has 1 N–H and O–H groups in total. The highest BCUT2D eigenvalue weighted by Crippen LogP contribution is 2.37. The van der Waals surface area contributed by atoms with E-state index in [1.165, 1.54) is 24.3 Å². The van der Waals surface area contributed by atoms with E-state index >= 15 is 0 Å². The van der Waals surface area contributed by atoms with E-state index in [4.69, 9.17) is 0 Å². The van der Waals surface area contributed by atoms with Crippen molar-refractivity contribution in [2.24, 2.45) is 5.92 Å². The molecule has 0 saturated carbocycles. The lowest BCUT2D eigenvalue weighted by Gasteiger charge is -2.33. The van der Waals surface area contributed by atoms with Crippen LogP contribution in [0.5, 0.6) is 0 Å². The molecule has 4 rings (SSSR count). The van der Waals surface area contributed by atoms with E-state index in [9.17, 15) is 36.2 Å². The number of aliphatic carboxylic acids is 1. The second kappa shape index (κ2) is 13.5. The fourth-order valence-electron chi connectivity index (χ4n) is 5.88. The van der Waals surface area contributed by atoms with Gasteiger partial charge in [-0.1, -0.05) is 56.3 Å². The number of carboxylic acids is 1. The number of piperidine rings is 1. The van der Waals surface area contributed by atoms with Crippen molar-refractivity contribution in [3.63, 3.8) is 0 Å². The van der Waals surface area contributed by atoms with Crippen LogP contribution in [0.2, 0.25) is 0 Å². The maximum Gasteiger partial charge on any atom is 0.416 e. The first-order valence-electron chi connectivity index (χ1n) is 14.6. The molecule has 0 aromatic heterocycles. The number of hydrogen-bond acceptors (Lipinski definition) is 2. The minimum Gasteiger partial charge on any atom is -0.481 e. The molecular weight excluding hydrogens is 568 g/mol. The van der Waals surface area contributed by atoms with E-state index in [0.29, 0.717) is 29.5 Å². The Morgan fingerprint density at radius 3 is 2.05 bits per heavy atom. The van der Waals surface area contributed by atoms with Crippen LogP contribution >= 0.6 is 0 Å². The van der Waals surface area contributed by atoms with Crippen LogP contribution in [0.1, 0.15) is 79.2 Å². The Kier molecular flexibility index (Phi) is 10.3. The lowest BCUT2D eigenvalue weighted by atomic mass is 9.83. The summed E-state index contributed by atoms with van der Waals surface area (Å²) in [6, 6.07) is 15.9. The van der Waals surface area contributed by atoms with Crippen molar-refractivity contribution < 1.29 is 36.2 Å². The van der Waals surface area contributed by atoms with Crippen molar-refractivity contribution in [3.8, 4) is 11.1 Å². The zero-order chi connectivity index (χ0) is 31.4. The fraction of sp³-hybridized carbons (Fsp3) is 0.441. The van der Waals surface area contributed by atoms with E-state index < -0.39 is 35.4 Å². The van der Waals surface area contributed by atoms with E-state index in [2.05, 4.69) is 4.90 Å². The Balaban J connectivity index is 1.54. The molecule has 0 radical (unpaired) electrons. The van der Waals surface area contributed by atoms with Gasteiger partial charge in [-0.25, -0.2) is 0 Å². The SMILES string of the molecule is CC(C)C[C@@H](C(=O)O)c1cc(-c2ccc(C(F)(F)F)cc2)cc(C2CCCN(CCCc3ccc(C(F)(F)F)cc3)C2)c1. The van der Waals surface area contributed by atoms with Crippen LogP contribution in [0.4, 0.5) is 26.3 Å². The van der Waals surface area contributed by atoms with Gasteiger partial charge in [0.1, 0.15) is 0 Å². The summed E-state index contributed by atoms with van der Waals surface area (Å²) in [4.78, 5) is 14.6. The molecule has 232 valence electrons. The summed E-state index contributed by atoms with van der Waals surface area (Å²) >= 11 is 0. The molecule has 0 aliphatic carbocycles. The van der Waals surface area contributed by atoms with Crippen LogP contribution in [-0.2, 0) is 23.6 Å². The van der Waals surface area contributed by atoms with Crippen LogP contribution in [0, 0.1) is 5.92 Å². The number of benzene rings is 3. The lowest BCUT2D eigenvalue weighted by molar-refractivity contribution is -0.139. The number of nitrogens with zero attached hydrogens (tertiary/aromatic N) is 1. The maximum atomic E-state index is 13.2. The van der Waals surface area contributed by atoms with Crippen LogP contribution in [0.15, 0.2) is 66.7 Å². The third-order valence-corrected chi connectivity index (χ3v) is 8.13. The van der Waals surface area contributed by atoms with Crippen molar-refractivity contribution in [2.45, 2.75) is 70.1 Å². The summed E-state index contributed by atoms with van der Waals surface area (Å²) in [7, 11) is 0. The summed E-state index contributed by atoms with van der Waals surface area (Å²) in [6.07, 6.45) is -5.11. The zero-order valence-corrected chi connectivity index (χ0v) is 24.3. The van der Waals surface area contributed by atoms with Gasteiger partial charge in [-0.15, -0.1) is 0 Å². The van der Waals surface area contributed by atoms with Crippen LogP contribution in [-0.4, -0.2) is 35.6 Å². The monoisotopic (exact) mass is 605 g/mol. The average molecular weight is 606 g/mol. The van der Waals surface area contributed by atoms with Gasteiger partial charge >= 0.3 is 18.3 Å². The first-order chi connectivity index (χ1) is 20.2. The number of rotatable bonds is 10.